The van der Waals surface area contributed by atoms with Gasteiger partial charge in [-0.3, -0.25) is 0 Å². The second kappa shape index (κ2) is 5.11. The van der Waals surface area contributed by atoms with E-state index in [1.54, 1.807) is 6.07 Å². The van der Waals surface area contributed by atoms with Gasteiger partial charge in [0.2, 0.25) is 0 Å². The Labute approximate surface area is 108 Å². The fraction of sp³-hybridized carbons (Fsp3) is 0. The lowest BCUT2D eigenvalue weighted by Gasteiger charge is -2.06. The minimum Gasteiger partial charge on any atom is -0.325 e. The van der Waals surface area contributed by atoms with Gasteiger partial charge in [0, 0.05) is 22.5 Å². The van der Waals surface area contributed by atoms with E-state index in [0.29, 0.717) is 10.0 Å². The first-order valence-corrected chi connectivity index (χ1v) is 6.11. The zero-order chi connectivity index (χ0) is 11.5. The van der Waals surface area contributed by atoms with Crippen LogP contribution in [0.3, 0.4) is 0 Å². The van der Waals surface area contributed by atoms with Gasteiger partial charge in [-0.15, -0.1) is 0 Å². The second-order valence-electron chi connectivity index (χ2n) is 3.22. The van der Waals surface area contributed by atoms with Crippen molar-refractivity contribution in [1.82, 2.24) is 0 Å². The normalized spacial score (nSPS) is 10.4. The van der Waals surface area contributed by atoms with Crippen LogP contribution in [-0.2, 0) is 0 Å². The fourth-order valence-corrected chi connectivity index (χ4v) is 2.09. The molecule has 0 aliphatic heterocycles. The summed E-state index contributed by atoms with van der Waals surface area (Å²) in [6.45, 7) is 0. The van der Waals surface area contributed by atoms with Crippen molar-refractivity contribution in [2.45, 2.75) is 4.90 Å². The van der Waals surface area contributed by atoms with Crippen molar-refractivity contribution in [1.29, 1.82) is 0 Å². The Balaban J connectivity index is 2.46. The van der Waals surface area contributed by atoms with Crippen LogP contribution >= 0.6 is 35.2 Å². The first kappa shape index (κ1) is 11.8. The van der Waals surface area contributed by atoms with E-state index >= 15 is 0 Å². The first-order valence-electron chi connectivity index (χ1n) is 4.58. The van der Waals surface area contributed by atoms with Crippen LogP contribution in [0.25, 0.3) is 11.1 Å². The van der Waals surface area contributed by atoms with Crippen LogP contribution < -0.4 is 0 Å². The molecule has 0 amide bonds. The number of halogens is 2. The third-order valence-corrected chi connectivity index (χ3v) is 3.52. The third kappa shape index (κ3) is 2.36. The van der Waals surface area contributed by atoms with Crippen LogP contribution in [-0.4, -0.2) is 4.55 Å². The summed E-state index contributed by atoms with van der Waals surface area (Å²) in [7, 11) is 0. The predicted octanol–water partition coefficient (Wildman–Crippen LogP) is 5.23. The topological polar surface area (TPSA) is 20.2 Å². The molecule has 0 aliphatic rings. The molecule has 0 aliphatic carbocycles. The quantitative estimate of drug-likeness (QED) is 0.755. The van der Waals surface area contributed by atoms with E-state index in [-0.39, 0.29) is 0 Å². The largest absolute Gasteiger partial charge is 0.325 e. The Morgan fingerprint density at radius 1 is 0.938 bits per heavy atom. The fourth-order valence-electron chi connectivity index (χ4n) is 1.42. The van der Waals surface area contributed by atoms with Crippen LogP contribution in [0.2, 0.25) is 10.0 Å². The lowest BCUT2D eigenvalue weighted by molar-refractivity contribution is 0.664. The van der Waals surface area contributed by atoms with Gasteiger partial charge in [0.15, 0.2) is 0 Å². The Hall–Kier alpha value is -0.670. The molecular weight excluding hydrogens is 263 g/mol. The summed E-state index contributed by atoms with van der Waals surface area (Å²) in [5, 5.41) is 1.09. The van der Waals surface area contributed by atoms with Crippen LogP contribution in [0, 0.1) is 0 Å². The first-order chi connectivity index (χ1) is 7.72. The Morgan fingerprint density at radius 3 is 2.25 bits per heavy atom. The van der Waals surface area contributed by atoms with Crippen LogP contribution in [0.4, 0.5) is 0 Å². The molecule has 0 fully saturated rings. The number of rotatable bonds is 2. The van der Waals surface area contributed by atoms with Crippen LogP contribution in [0.1, 0.15) is 0 Å². The molecule has 0 heterocycles. The van der Waals surface area contributed by atoms with Crippen molar-refractivity contribution in [2.75, 3.05) is 0 Å². The molecule has 0 saturated carbocycles. The van der Waals surface area contributed by atoms with Gasteiger partial charge in [-0.05, 0) is 23.8 Å². The summed E-state index contributed by atoms with van der Waals surface area (Å²) in [6.07, 6.45) is 0. The highest BCUT2D eigenvalue weighted by Crippen LogP contribution is 2.33. The van der Waals surface area contributed by atoms with Crippen molar-refractivity contribution >= 4 is 35.2 Å². The SMILES string of the molecule is OSc1ccc(-c2cccc(Cl)c2Cl)cc1. The van der Waals surface area contributed by atoms with Gasteiger partial charge in [0.1, 0.15) is 0 Å². The van der Waals surface area contributed by atoms with Crippen LogP contribution in [0.5, 0.6) is 0 Å². The minimum atomic E-state index is 0.541. The van der Waals surface area contributed by atoms with Crippen molar-refractivity contribution in [3.63, 3.8) is 0 Å². The summed E-state index contributed by atoms with van der Waals surface area (Å²) < 4.78 is 8.87. The van der Waals surface area contributed by atoms with E-state index in [1.165, 1.54) is 0 Å². The number of benzene rings is 2. The molecule has 0 spiro atoms. The van der Waals surface area contributed by atoms with E-state index in [9.17, 15) is 0 Å². The highest BCUT2D eigenvalue weighted by molar-refractivity contribution is 7.93. The van der Waals surface area contributed by atoms with Crippen molar-refractivity contribution < 1.29 is 4.55 Å². The van der Waals surface area contributed by atoms with Gasteiger partial charge in [-0.2, -0.15) is 0 Å². The summed E-state index contributed by atoms with van der Waals surface area (Å²) >= 11 is 12.8. The maximum absolute atomic E-state index is 8.87. The van der Waals surface area contributed by atoms with E-state index < -0.39 is 0 Å². The molecule has 2 aromatic carbocycles. The second-order valence-corrected chi connectivity index (χ2v) is 4.66. The van der Waals surface area contributed by atoms with Crippen LogP contribution in [0.15, 0.2) is 47.4 Å². The highest BCUT2D eigenvalue weighted by atomic mass is 35.5. The van der Waals surface area contributed by atoms with Gasteiger partial charge in [0.05, 0.1) is 10.0 Å². The number of hydrogen-bond acceptors (Lipinski definition) is 2. The molecular formula is C12H8Cl2OS. The van der Waals surface area contributed by atoms with Gasteiger partial charge in [-0.1, -0.05) is 47.5 Å². The molecule has 0 saturated heterocycles. The molecule has 2 rings (SSSR count). The molecule has 16 heavy (non-hydrogen) atoms. The maximum Gasteiger partial charge on any atom is 0.0670 e. The lowest BCUT2D eigenvalue weighted by Crippen LogP contribution is -1.80. The molecule has 0 atom stereocenters. The molecule has 0 bridgehead atoms. The zero-order valence-corrected chi connectivity index (χ0v) is 10.5. The van der Waals surface area contributed by atoms with Gasteiger partial charge >= 0.3 is 0 Å². The Morgan fingerprint density at radius 2 is 1.62 bits per heavy atom. The Bertz CT molecular complexity index is 497. The molecule has 0 radical (unpaired) electrons. The summed E-state index contributed by atoms with van der Waals surface area (Å²) in [4.78, 5) is 0.793. The van der Waals surface area contributed by atoms with E-state index in [1.807, 2.05) is 36.4 Å². The smallest absolute Gasteiger partial charge is 0.0670 e. The van der Waals surface area contributed by atoms with Crippen molar-refractivity contribution in [3.8, 4) is 11.1 Å². The average Bonchev–Trinajstić information content (AvgIpc) is 2.33. The van der Waals surface area contributed by atoms with E-state index in [4.69, 9.17) is 27.8 Å². The molecule has 1 N–H and O–H groups in total. The minimum absolute atomic E-state index is 0.541. The monoisotopic (exact) mass is 270 g/mol. The Kier molecular flexibility index (Phi) is 3.77. The standard InChI is InChI=1S/C12H8Cl2OS/c13-11-3-1-2-10(12(11)14)8-4-6-9(16-15)7-5-8/h1-7,15H. The summed E-state index contributed by atoms with van der Waals surface area (Å²) in [5.41, 5.74) is 1.87. The van der Waals surface area contributed by atoms with Crippen molar-refractivity contribution in [2.24, 2.45) is 0 Å². The summed E-state index contributed by atoms with van der Waals surface area (Å²) in [5.74, 6) is 0. The highest BCUT2D eigenvalue weighted by Gasteiger charge is 2.06. The zero-order valence-electron chi connectivity index (χ0n) is 8.15. The van der Waals surface area contributed by atoms with Crippen molar-refractivity contribution in [3.05, 3.63) is 52.5 Å². The molecule has 82 valence electrons. The molecule has 2 aromatic rings. The van der Waals surface area contributed by atoms with Gasteiger partial charge in [0.25, 0.3) is 0 Å². The van der Waals surface area contributed by atoms with E-state index in [0.717, 1.165) is 28.1 Å². The van der Waals surface area contributed by atoms with Gasteiger partial charge in [-0.25, -0.2) is 0 Å². The predicted molar refractivity (Wildman–Crippen MR) is 70.4 cm³/mol. The van der Waals surface area contributed by atoms with E-state index in [2.05, 4.69) is 0 Å². The van der Waals surface area contributed by atoms with Gasteiger partial charge < -0.3 is 4.55 Å². The molecule has 0 aromatic heterocycles. The maximum atomic E-state index is 8.87. The number of hydrogen-bond donors (Lipinski definition) is 1. The molecule has 0 unspecified atom stereocenters. The average molecular weight is 271 g/mol. The lowest BCUT2D eigenvalue weighted by atomic mass is 10.1. The third-order valence-electron chi connectivity index (χ3n) is 2.22. The molecule has 4 heteroatoms. The molecule has 1 nitrogen and oxygen atoms in total. The summed E-state index contributed by atoms with van der Waals surface area (Å²) in [6, 6.07) is 13.0.